The molecular formula is C25H21N5O4. The summed E-state index contributed by atoms with van der Waals surface area (Å²) in [6.45, 7) is 3.41. The highest BCUT2D eigenvalue weighted by atomic mass is 16.6. The molecule has 2 aromatic heterocycles. The Morgan fingerprint density at radius 2 is 1.82 bits per heavy atom. The molecule has 0 saturated carbocycles. The number of likely N-dealkylation sites (tertiary alicyclic amines) is 1. The third-order valence-electron chi connectivity index (χ3n) is 6.79. The van der Waals surface area contributed by atoms with Crippen molar-refractivity contribution in [3.8, 4) is 17.5 Å². The average molecular weight is 455 g/mol. The maximum atomic E-state index is 13.6. The number of para-hydroxylation sites is 1. The number of ether oxygens (including phenoxy) is 1. The molecule has 9 heteroatoms. The molecule has 2 aliphatic rings. The van der Waals surface area contributed by atoms with Gasteiger partial charge in [-0.25, -0.2) is 0 Å². The van der Waals surface area contributed by atoms with Gasteiger partial charge in [-0.05, 0) is 44.1 Å². The van der Waals surface area contributed by atoms with E-state index in [2.05, 4.69) is 15.5 Å². The van der Waals surface area contributed by atoms with E-state index in [1.54, 1.807) is 0 Å². The minimum Gasteiger partial charge on any atom is -0.483 e. The number of aromatic nitrogens is 2. The highest BCUT2D eigenvalue weighted by Gasteiger charge is 2.32. The quantitative estimate of drug-likeness (QED) is 0.344. The van der Waals surface area contributed by atoms with Crippen molar-refractivity contribution in [2.75, 3.05) is 19.6 Å². The number of nitro groups is 1. The number of hydrogen-bond acceptors (Lipinski definition) is 6. The first-order chi connectivity index (χ1) is 16.6. The molecule has 4 aromatic rings. The van der Waals surface area contributed by atoms with Gasteiger partial charge in [-0.1, -0.05) is 18.2 Å². The van der Waals surface area contributed by atoms with Crippen LogP contribution in [0, 0.1) is 21.4 Å². The molecule has 0 amide bonds. The van der Waals surface area contributed by atoms with Crippen molar-refractivity contribution in [2.45, 2.75) is 25.5 Å². The predicted octanol–water partition coefficient (Wildman–Crippen LogP) is 3.58. The van der Waals surface area contributed by atoms with Crippen LogP contribution in [0.5, 0.6) is 5.75 Å². The molecule has 0 aliphatic carbocycles. The molecule has 9 nitrogen and oxygen atoms in total. The second-order valence-electron chi connectivity index (χ2n) is 8.80. The lowest BCUT2D eigenvalue weighted by atomic mass is 10.1. The molecule has 0 bridgehead atoms. The van der Waals surface area contributed by atoms with Crippen molar-refractivity contribution in [1.82, 2.24) is 14.0 Å². The van der Waals surface area contributed by atoms with Gasteiger partial charge in [-0.2, -0.15) is 5.26 Å². The lowest BCUT2D eigenvalue weighted by Crippen LogP contribution is -2.39. The van der Waals surface area contributed by atoms with Crippen LogP contribution >= 0.6 is 0 Å². The van der Waals surface area contributed by atoms with E-state index in [1.165, 1.54) is 41.7 Å². The van der Waals surface area contributed by atoms with E-state index in [9.17, 15) is 20.2 Å². The number of fused-ring (bicyclic) bond motifs is 3. The van der Waals surface area contributed by atoms with E-state index in [4.69, 9.17) is 4.74 Å². The van der Waals surface area contributed by atoms with Gasteiger partial charge in [0.15, 0.2) is 11.3 Å². The highest BCUT2D eigenvalue weighted by molar-refractivity contribution is 6.09. The van der Waals surface area contributed by atoms with Gasteiger partial charge in [0.1, 0.15) is 17.7 Å². The highest BCUT2D eigenvalue weighted by Crippen LogP contribution is 2.40. The van der Waals surface area contributed by atoms with Crippen LogP contribution in [0.15, 0.2) is 53.3 Å². The van der Waals surface area contributed by atoms with Gasteiger partial charge in [0.05, 0.1) is 22.5 Å². The van der Waals surface area contributed by atoms with Crippen LogP contribution in [-0.2, 0) is 6.54 Å². The van der Waals surface area contributed by atoms with Gasteiger partial charge in [0, 0.05) is 29.8 Å². The monoisotopic (exact) mass is 455 g/mol. The number of nitrogens with zero attached hydrogens (tertiary/aromatic N) is 5. The molecule has 2 aromatic carbocycles. The van der Waals surface area contributed by atoms with Gasteiger partial charge >= 0.3 is 0 Å². The molecule has 1 fully saturated rings. The van der Waals surface area contributed by atoms with E-state index in [1.807, 2.05) is 24.3 Å². The van der Waals surface area contributed by atoms with Crippen molar-refractivity contribution >= 4 is 27.6 Å². The fourth-order valence-corrected chi connectivity index (χ4v) is 5.30. The fraction of sp³-hybridized carbons (Fsp3) is 0.280. The summed E-state index contributed by atoms with van der Waals surface area (Å²) in [7, 11) is 0. The molecule has 1 saturated heterocycles. The first kappa shape index (κ1) is 20.4. The summed E-state index contributed by atoms with van der Waals surface area (Å²) < 4.78 is 9.97. The van der Waals surface area contributed by atoms with Gasteiger partial charge in [-0.15, -0.1) is 0 Å². The predicted molar refractivity (Wildman–Crippen MR) is 127 cm³/mol. The van der Waals surface area contributed by atoms with Crippen molar-refractivity contribution in [1.29, 1.82) is 5.26 Å². The largest absolute Gasteiger partial charge is 0.483 e. The van der Waals surface area contributed by atoms with Gasteiger partial charge in [-0.3, -0.25) is 24.4 Å². The van der Waals surface area contributed by atoms with Crippen LogP contribution in [-0.4, -0.2) is 44.7 Å². The molecule has 4 heterocycles. The van der Waals surface area contributed by atoms with Crippen LogP contribution < -0.4 is 10.3 Å². The van der Waals surface area contributed by atoms with Crippen LogP contribution in [0.3, 0.4) is 0 Å². The first-order valence-corrected chi connectivity index (χ1v) is 11.3. The van der Waals surface area contributed by atoms with Crippen LogP contribution in [0.1, 0.15) is 18.4 Å². The van der Waals surface area contributed by atoms with E-state index < -0.39 is 10.5 Å². The van der Waals surface area contributed by atoms with E-state index in [0.717, 1.165) is 30.5 Å². The lowest BCUT2D eigenvalue weighted by Gasteiger charge is -2.30. The Labute approximate surface area is 194 Å². The molecule has 34 heavy (non-hydrogen) atoms. The minimum atomic E-state index is -0.497. The zero-order valence-electron chi connectivity index (χ0n) is 18.3. The zero-order chi connectivity index (χ0) is 23.4. The number of hydrogen-bond donors (Lipinski definition) is 0. The van der Waals surface area contributed by atoms with E-state index in [-0.39, 0.29) is 17.4 Å². The number of benzene rings is 2. The summed E-state index contributed by atoms with van der Waals surface area (Å²) in [4.78, 5) is 26.7. The van der Waals surface area contributed by atoms with Crippen LogP contribution in [0.2, 0.25) is 0 Å². The molecule has 2 aliphatic heterocycles. The average Bonchev–Trinajstić information content (AvgIpc) is 3.47. The Morgan fingerprint density at radius 3 is 2.53 bits per heavy atom. The van der Waals surface area contributed by atoms with Gasteiger partial charge in [0.2, 0.25) is 0 Å². The number of rotatable bonds is 4. The molecule has 1 atom stereocenters. The third kappa shape index (κ3) is 2.99. The summed E-state index contributed by atoms with van der Waals surface area (Å²) in [5.74, 6) is 0.326. The maximum absolute atomic E-state index is 13.6. The minimum absolute atomic E-state index is 0.0546. The molecule has 1 unspecified atom stereocenters. The van der Waals surface area contributed by atoms with Crippen LogP contribution in [0.25, 0.3) is 27.6 Å². The maximum Gasteiger partial charge on any atom is 0.277 e. The van der Waals surface area contributed by atoms with Gasteiger partial charge in [0.25, 0.3) is 11.2 Å². The first-order valence-electron chi connectivity index (χ1n) is 11.3. The second-order valence-corrected chi connectivity index (χ2v) is 8.80. The normalized spacial score (nSPS) is 17.7. The van der Waals surface area contributed by atoms with E-state index in [0.29, 0.717) is 29.0 Å². The van der Waals surface area contributed by atoms with Gasteiger partial charge < -0.3 is 9.30 Å². The summed E-state index contributed by atoms with van der Waals surface area (Å²) in [5, 5.41) is 22.0. The number of nitriles is 1. The molecule has 0 radical (unpaired) electrons. The smallest absolute Gasteiger partial charge is 0.277 e. The Balaban J connectivity index is 1.62. The Morgan fingerprint density at radius 1 is 1.09 bits per heavy atom. The topological polar surface area (TPSA) is 106 Å². The molecule has 0 N–H and O–H groups in total. The van der Waals surface area contributed by atoms with Crippen molar-refractivity contribution in [2.24, 2.45) is 0 Å². The zero-order valence-corrected chi connectivity index (χ0v) is 18.3. The van der Waals surface area contributed by atoms with E-state index >= 15 is 0 Å². The molecule has 170 valence electrons. The lowest BCUT2D eigenvalue weighted by molar-refractivity contribution is -0.384. The van der Waals surface area contributed by atoms with Crippen molar-refractivity contribution in [3.63, 3.8) is 0 Å². The SMILES string of the molecule is N#Cc1c2c3c(c4ccccc4n3CC(CN3CCCC3)O2)n(-c2ccc([N+](=O)[O-])cc2)c1=O. The van der Waals surface area contributed by atoms with Crippen molar-refractivity contribution in [3.05, 3.63) is 74.6 Å². The number of pyridine rings is 1. The third-order valence-corrected chi connectivity index (χ3v) is 6.79. The van der Waals surface area contributed by atoms with Crippen LogP contribution in [0.4, 0.5) is 5.69 Å². The Kier molecular flexibility index (Phi) is 4.64. The Bertz CT molecular complexity index is 1560. The molecule has 6 rings (SSSR count). The second kappa shape index (κ2) is 7.71. The standard InChI is InChI=1S/C25H21N5O4/c26-13-20-24-23-22(29(25(20)31)16-7-9-17(10-8-16)30(32)33)19-5-1-2-6-21(19)28(23)15-18(34-24)14-27-11-3-4-12-27/h1-2,5-10,18H,3-4,11-12,14-15H2. The fourth-order valence-electron chi connectivity index (χ4n) is 5.30. The summed E-state index contributed by atoms with van der Waals surface area (Å²) in [6.07, 6.45) is 2.17. The number of non-ortho nitro benzene ring substituents is 1. The summed E-state index contributed by atoms with van der Waals surface area (Å²) in [5.41, 5.74) is 2.14. The molecule has 0 spiro atoms. The van der Waals surface area contributed by atoms with Crippen molar-refractivity contribution < 1.29 is 9.66 Å². The summed E-state index contributed by atoms with van der Waals surface area (Å²) in [6, 6.07) is 15.7. The Hall–Kier alpha value is -4.16. The molecular weight excluding hydrogens is 434 g/mol. The number of nitro benzene ring substituents is 1. The summed E-state index contributed by atoms with van der Waals surface area (Å²) >= 11 is 0.